The molecule has 2 rings (SSSR count). The van der Waals surface area contributed by atoms with Gasteiger partial charge in [0.1, 0.15) is 17.3 Å². The van der Waals surface area contributed by atoms with Crippen molar-refractivity contribution in [3.63, 3.8) is 0 Å². The molecule has 0 aliphatic rings. The summed E-state index contributed by atoms with van der Waals surface area (Å²) in [6.07, 6.45) is -1.02. The molecule has 0 radical (unpaired) electrons. The molecule has 0 spiro atoms. The number of nitrogens with one attached hydrogen (secondary N) is 1. The Labute approximate surface area is 144 Å². The summed E-state index contributed by atoms with van der Waals surface area (Å²) in [6.45, 7) is 1.10. The number of halogens is 1. The van der Waals surface area contributed by atoms with E-state index >= 15 is 0 Å². The van der Waals surface area contributed by atoms with E-state index in [9.17, 15) is 14.0 Å². The molecule has 1 N–H and O–H groups in total. The molecule has 1 amide bonds. The van der Waals surface area contributed by atoms with Gasteiger partial charge in [-0.2, -0.15) is 0 Å². The first-order valence-electron chi connectivity index (χ1n) is 7.50. The van der Waals surface area contributed by atoms with Crippen LogP contribution in [-0.2, 0) is 14.3 Å². The summed E-state index contributed by atoms with van der Waals surface area (Å²) < 4.78 is 28.1. The smallest absolute Gasteiger partial charge is 0.344 e. The van der Waals surface area contributed by atoms with Gasteiger partial charge in [0.15, 0.2) is 12.7 Å². The quantitative estimate of drug-likeness (QED) is 0.780. The van der Waals surface area contributed by atoms with E-state index in [1.807, 2.05) is 0 Å². The molecule has 0 aromatic heterocycles. The molecule has 0 heterocycles. The first-order chi connectivity index (χ1) is 12.0. The maximum Gasteiger partial charge on any atom is 0.344 e. The number of esters is 1. The van der Waals surface area contributed by atoms with E-state index in [-0.39, 0.29) is 6.61 Å². The van der Waals surface area contributed by atoms with Gasteiger partial charge in [-0.05, 0) is 55.5 Å². The van der Waals surface area contributed by atoms with Gasteiger partial charge >= 0.3 is 5.97 Å². The molecule has 2 aromatic rings. The van der Waals surface area contributed by atoms with Crippen molar-refractivity contribution in [1.29, 1.82) is 0 Å². The number of methoxy groups -OCH3 is 1. The summed E-state index contributed by atoms with van der Waals surface area (Å²) in [5, 5.41) is 2.52. The number of hydrogen-bond acceptors (Lipinski definition) is 5. The van der Waals surface area contributed by atoms with Gasteiger partial charge in [-0.15, -0.1) is 0 Å². The van der Waals surface area contributed by atoms with Crippen molar-refractivity contribution in [3.8, 4) is 11.5 Å². The average Bonchev–Trinajstić information content (AvgIpc) is 2.62. The Balaban J connectivity index is 1.78. The third-order valence-electron chi connectivity index (χ3n) is 3.21. The monoisotopic (exact) mass is 347 g/mol. The van der Waals surface area contributed by atoms with Gasteiger partial charge in [-0.25, -0.2) is 9.18 Å². The molecule has 0 unspecified atom stereocenters. The van der Waals surface area contributed by atoms with Crippen LogP contribution in [0.3, 0.4) is 0 Å². The second kappa shape index (κ2) is 8.68. The minimum absolute atomic E-state index is 0.333. The van der Waals surface area contributed by atoms with Gasteiger partial charge in [-0.1, -0.05) is 0 Å². The number of benzene rings is 2. The fraction of sp³-hybridized carbons (Fsp3) is 0.222. The van der Waals surface area contributed by atoms with Crippen LogP contribution in [0, 0.1) is 5.82 Å². The highest BCUT2D eigenvalue weighted by atomic mass is 19.1. The van der Waals surface area contributed by atoms with Crippen molar-refractivity contribution in [2.45, 2.75) is 13.0 Å². The van der Waals surface area contributed by atoms with E-state index in [4.69, 9.17) is 14.2 Å². The molecule has 0 fully saturated rings. The standard InChI is InChI=1S/C18H18FNO5/c1-12(18(22)20-14-5-3-13(19)4-6-14)25-17(21)11-24-16-9-7-15(23-2)8-10-16/h3-10,12H,11H2,1-2H3,(H,20,22)/t12-/m0/s1. The Morgan fingerprint density at radius 2 is 1.64 bits per heavy atom. The van der Waals surface area contributed by atoms with Crippen LogP contribution < -0.4 is 14.8 Å². The van der Waals surface area contributed by atoms with Crippen molar-refractivity contribution in [1.82, 2.24) is 0 Å². The van der Waals surface area contributed by atoms with Gasteiger partial charge in [0.25, 0.3) is 5.91 Å². The van der Waals surface area contributed by atoms with Gasteiger partial charge in [0.05, 0.1) is 7.11 Å². The fourth-order valence-corrected chi connectivity index (χ4v) is 1.88. The molecule has 1 atom stereocenters. The number of amides is 1. The predicted octanol–water partition coefficient (Wildman–Crippen LogP) is 2.78. The highest BCUT2D eigenvalue weighted by Gasteiger charge is 2.18. The zero-order valence-electron chi connectivity index (χ0n) is 13.8. The van der Waals surface area contributed by atoms with Gasteiger partial charge in [-0.3, -0.25) is 4.79 Å². The summed E-state index contributed by atoms with van der Waals surface area (Å²) in [6, 6.07) is 11.9. The number of carbonyl (C=O) groups excluding carboxylic acids is 2. The van der Waals surface area contributed by atoms with Gasteiger partial charge in [0, 0.05) is 5.69 Å². The van der Waals surface area contributed by atoms with E-state index in [1.165, 1.54) is 31.2 Å². The van der Waals surface area contributed by atoms with Crippen LogP contribution in [0.5, 0.6) is 11.5 Å². The normalized spacial score (nSPS) is 11.3. The van der Waals surface area contributed by atoms with Crippen molar-refractivity contribution < 1.29 is 28.2 Å². The van der Waals surface area contributed by atoms with Crippen LogP contribution in [0.4, 0.5) is 10.1 Å². The van der Waals surface area contributed by atoms with Crippen LogP contribution >= 0.6 is 0 Å². The summed E-state index contributed by atoms with van der Waals surface area (Å²) in [5.41, 5.74) is 0.406. The largest absolute Gasteiger partial charge is 0.497 e. The van der Waals surface area contributed by atoms with Crippen molar-refractivity contribution >= 4 is 17.6 Å². The minimum atomic E-state index is -1.02. The van der Waals surface area contributed by atoms with Crippen LogP contribution in [-0.4, -0.2) is 31.7 Å². The van der Waals surface area contributed by atoms with E-state index in [2.05, 4.69) is 5.32 Å². The molecule has 0 saturated carbocycles. The summed E-state index contributed by atoms with van der Waals surface area (Å²) >= 11 is 0. The lowest BCUT2D eigenvalue weighted by Gasteiger charge is -2.14. The Morgan fingerprint density at radius 3 is 2.24 bits per heavy atom. The summed E-state index contributed by atoms with van der Waals surface area (Å²) in [4.78, 5) is 23.7. The Kier molecular flexibility index (Phi) is 6.33. The Morgan fingerprint density at radius 1 is 1.04 bits per heavy atom. The molecule has 7 heteroatoms. The zero-order chi connectivity index (χ0) is 18.2. The zero-order valence-corrected chi connectivity index (χ0v) is 13.8. The lowest BCUT2D eigenvalue weighted by Crippen LogP contribution is -2.31. The van der Waals surface area contributed by atoms with E-state index in [0.29, 0.717) is 17.2 Å². The summed E-state index contributed by atoms with van der Waals surface area (Å²) in [7, 11) is 1.55. The van der Waals surface area contributed by atoms with E-state index < -0.39 is 23.8 Å². The molecule has 0 aliphatic carbocycles. The Hall–Kier alpha value is -3.09. The van der Waals surface area contributed by atoms with E-state index in [1.54, 1.807) is 31.4 Å². The maximum atomic E-state index is 12.8. The lowest BCUT2D eigenvalue weighted by atomic mass is 10.3. The highest BCUT2D eigenvalue weighted by molar-refractivity contribution is 5.95. The first-order valence-corrected chi connectivity index (χ1v) is 7.50. The van der Waals surface area contributed by atoms with Crippen LogP contribution in [0.25, 0.3) is 0 Å². The maximum absolute atomic E-state index is 12.8. The van der Waals surface area contributed by atoms with Crippen LogP contribution in [0.2, 0.25) is 0 Å². The number of rotatable bonds is 7. The fourth-order valence-electron chi connectivity index (χ4n) is 1.88. The third kappa shape index (κ3) is 5.80. The van der Waals surface area contributed by atoms with Crippen molar-refractivity contribution in [2.24, 2.45) is 0 Å². The second-order valence-corrected chi connectivity index (χ2v) is 5.09. The number of anilines is 1. The highest BCUT2D eigenvalue weighted by Crippen LogP contribution is 2.17. The topological polar surface area (TPSA) is 73.9 Å². The van der Waals surface area contributed by atoms with Crippen LogP contribution in [0.1, 0.15) is 6.92 Å². The molecule has 2 aromatic carbocycles. The van der Waals surface area contributed by atoms with Gasteiger partial charge < -0.3 is 19.5 Å². The molecular formula is C18H18FNO5. The first kappa shape index (κ1) is 18.3. The van der Waals surface area contributed by atoms with Crippen molar-refractivity contribution in [3.05, 3.63) is 54.3 Å². The number of hydrogen-bond donors (Lipinski definition) is 1. The van der Waals surface area contributed by atoms with Gasteiger partial charge in [0.2, 0.25) is 0 Å². The lowest BCUT2D eigenvalue weighted by molar-refractivity contribution is -0.155. The SMILES string of the molecule is COc1ccc(OCC(=O)O[C@@H](C)C(=O)Nc2ccc(F)cc2)cc1. The number of carbonyl (C=O) groups is 2. The molecular weight excluding hydrogens is 329 g/mol. The Bertz CT molecular complexity index is 715. The predicted molar refractivity (Wildman–Crippen MR) is 89.1 cm³/mol. The second-order valence-electron chi connectivity index (χ2n) is 5.09. The number of ether oxygens (including phenoxy) is 3. The van der Waals surface area contributed by atoms with Crippen LogP contribution in [0.15, 0.2) is 48.5 Å². The summed E-state index contributed by atoms with van der Waals surface area (Å²) in [5.74, 6) is -0.475. The molecule has 0 saturated heterocycles. The molecule has 25 heavy (non-hydrogen) atoms. The van der Waals surface area contributed by atoms with Crippen molar-refractivity contribution in [2.75, 3.05) is 19.0 Å². The average molecular weight is 347 g/mol. The molecule has 0 bridgehead atoms. The third-order valence-corrected chi connectivity index (χ3v) is 3.21. The molecule has 132 valence electrons. The van der Waals surface area contributed by atoms with E-state index in [0.717, 1.165) is 0 Å². The minimum Gasteiger partial charge on any atom is -0.497 e. The molecule has 6 nitrogen and oxygen atoms in total. The molecule has 0 aliphatic heterocycles.